The van der Waals surface area contributed by atoms with Gasteiger partial charge in [0.1, 0.15) is 0 Å². The van der Waals surface area contributed by atoms with E-state index in [0.29, 0.717) is 22.9 Å². The molecule has 2 aromatic heterocycles. The Balaban J connectivity index is 1.71. The second kappa shape index (κ2) is 5.46. The third-order valence-corrected chi connectivity index (χ3v) is 4.21. The summed E-state index contributed by atoms with van der Waals surface area (Å²) < 4.78 is 5.06. The molecule has 2 aromatic rings. The van der Waals surface area contributed by atoms with E-state index in [4.69, 9.17) is 21.8 Å². The summed E-state index contributed by atoms with van der Waals surface area (Å²) >= 11 is 5.94. The van der Waals surface area contributed by atoms with Gasteiger partial charge in [0.05, 0.1) is 11.8 Å². The van der Waals surface area contributed by atoms with Crippen molar-refractivity contribution in [2.75, 3.05) is 18.0 Å². The molecule has 0 bridgehead atoms. The third-order valence-electron chi connectivity index (χ3n) is 3.91. The number of aromatic amines is 1. The zero-order valence-electron chi connectivity index (χ0n) is 11.3. The lowest BCUT2D eigenvalue weighted by Crippen LogP contribution is -2.40. The lowest BCUT2D eigenvalue weighted by molar-refractivity contribution is 0.352. The minimum atomic E-state index is 0.254. The molecule has 0 saturated carbocycles. The predicted octanol–water partition coefficient (Wildman–Crippen LogP) is 2.28. The van der Waals surface area contributed by atoms with Crippen molar-refractivity contribution in [2.45, 2.75) is 25.8 Å². The van der Waals surface area contributed by atoms with Crippen LogP contribution in [0.25, 0.3) is 11.4 Å². The fourth-order valence-corrected chi connectivity index (χ4v) is 2.81. The van der Waals surface area contributed by atoms with Gasteiger partial charge in [-0.1, -0.05) is 0 Å². The molecule has 7 heteroatoms. The van der Waals surface area contributed by atoms with E-state index in [2.05, 4.69) is 27.0 Å². The van der Waals surface area contributed by atoms with E-state index in [1.54, 1.807) is 6.07 Å². The van der Waals surface area contributed by atoms with E-state index < -0.39 is 0 Å². The number of anilines is 1. The van der Waals surface area contributed by atoms with Crippen molar-refractivity contribution in [1.82, 2.24) is 15.2 Å². The van der Waals surface area contributed by atoms with Crippen LogP contribution in [0.3, 0.4) is 0 Å². The fraction of sp³-hybridized carbons (Fsp3) is 0.538. The van der Waals surface area contributed by atoms with Crippen LogP contribution in [0.1, 0.15) is 19.8 Å². The van der Waals surface area contributed by atoms with E-state index in [9.17, 15) is 0 Å². The summed E-state index contributed by atoms with van der Waals surface area (Å²) in [5.74, 6) is 1.93. The molecule has 0 aliphatic carbocycles. The minimum absolute atomic E-state index is 0.254. The highest BCUT2D eigenvalue weighted by Crippen LogP contribution is 2.28. The third kappa shape index (κ3) is 2.53. The molecule has 6 nitrogen and oxygen atoms in total. The van der Waals surface area contributed by atoms with E-state index >= 15 is 0 Å². The number of furan rings is 1. The monoisotopic (exact) mass is 295 g/mol. The van der Waals surface area contributed by atoms with Crippen molar-refractivity contribution in [1.29, 1.82) is 0 Å². The molecule has 0 amide bonds. The Morgan fingerprint density at radius 2 is 2.25 bits per heavy atom. The minimum Gasteiger partial charge on any atom is -0.452 e. The van der Waals surface area contributed by atoms with Gasteiger partial charge in [0, 0.05) is 19.1 Å². The Bertz CT molecular complexity index is 571. The van der Waals surface area contributed by atoms with Crippen LogP contribution in [-0.2, 0) is 0 Å². The van der Waals surface area contributed by atoms with Crippen LogP contribution >= 0.6 is 11.6 Å². The molecule has 1 atom stereocenters. The molecular formula is C13H18ClN5O. The van der Waals surface area contributed by atoms with Gasteiger partial charge in [-0.25, -0.2) is 0 Å². The Labute approximate surface area is 122 Å². The molecule has 20 heavy (non-hydrogen) atoms. The van der Waals surface area contributed by atoms with E-state index in [-0.39, 0.29) is 6.04 Å². The zero-order chi connectivity index (χ0) is 14.1. The van der Waals surface area contributed by atoms with Crippen molar-refractivity contribution in [3.8, 4) is 11.4 Å². The second-order valence-electron chi connectivity index (χ2n) is 5.28. The molecule has 0 aromatic carbocycles. The maximum atomic E-state index is 5.96. The molecule has 1 unspecified atom stereocenters. The quantitative estimate of drug-likeness (QED) is 0.907. The molecule has 3 rings (SSSR count). The van der Waals surface area contributed by atoms with E-state index in [0.717, 1.165) is 31.5 Å². The topological polar surface area (TPSA) is 84.0 Å². The Hall–Kier alpha value is -1.53. The molecule has 0 spiro atoms. The highest BCUT2D eigenvalue weighted by molar-refractivity contribution is 6.31. The van der Waals surface area contributed by atoms with Gasteiger partial charge in [-0.2, -0.15) is 4.98 Å². The fourth-order valence-electron chi connectivity index (χ4n) is 2.60. The smallest absolute Gasteiger partial charge is 0.245 e. The summed E-state index contributed by atoms with van der Waals surface area (Å²) in [7, 11) is 0. The van der Waals surface area contributed by atoms with Gasteiger partial charge in [0.15, 0.2) is 5.82 Å². The zero-order valence-corrected chi connectivity index (χ0v) is 12.1. The molecular weight excluding hydrogens is 278 g/mol. The van der Waals surface area contributed by atoms with Crippen LogP contribution in [0.2, 0.25) is 5.22 Å². The van der Waals surface area contributed by atoms with Crippen molar-refractivity contribution < 1.29 is 4.42 Å². The van der Waals surface area contributed by atoms with Gasteiger partial charge in [0.25, 0.3) is 0 Å². The van der Waals surface area contributed by atoms with Crippen LogP contribution in [0.5, 0.6) is 0 Å². The first-order valence-corrected chi connectivity index (χ1v) is 7.19. The predicted molar refractivity (Wildman–Crippen MR) is 77.7 cm³/mol. The SMILES string of the molecule is CC(N)C1CCN(c2n[nH]c(-c3ccoc3Cl)n2)CC1. The Morgan fingerprint density at radius 1 is 1.50 bits per heavy atom. The number of halogens is 1. The van der Waals surface area contributed by atoms with Gasteiger partial charge in [-0.15, -0.1) is 5.10 Å². The summed E-state index contributed by atoms with van der Waals surface area (Å²) in [5, 5.41) is 7.50. The highest BCUT2D eigenvalue weighted by atomic mass is 35.5. The standard InChI is InChI=1S/C13H18ClN5O/c1-8(15)9-2-5-19(6-3-9)13-16-12(17-18-13)10-4-7-20-11(10)14/h4,7-9H,2-3,5-6,15H2,1H3,(H,16,17,18). The van der Waals surface area contributed by atoms with E-state index in [1.807, 2.05) is 0 Å². The maximum absolute atomic E-state index is 5.96. The first-order chi connectivity index (χ1) is 9.65. The van der Waals surface area contributed by atoms with Crippen LogP contribution in [-0.4, -0.2) is 34.3 Å². The lowest BCUT2D eigenvalue weighted by atomic mass is 9.91. The number of hydrogen-bond acceptors (Lipinski definition) is 5. The van der Waals surface area contributed by atoms with Crippen molar-refractivity contribution in [3.63, 3.8) is 0 Å². The largest absolute Gasteiger partial charge is 0.452 e. The van der Waals surface area contributed by atoms with Gasteiger partial charge in [0.2, 0.25) is 11.2 Å². The van der Waals surface area contributed by atoms with Gasteiger partial charge in [-0.05, 0) is 43.4 Å². The summed E-state index contributed by atoms with van der Waals surface area (Å²) in [6, 6.07) is 2.03. The second-order valence-corrected chi connectivity index (χ2v) is 5.62. The molecule has 3 N–H and O–H groups in total. The number of hydrogen-bond donors (Lipinski definition) is 2. The molecule has 1 saturated heterocycles. The summed E-state index contributed by atoms with van der Waals surface area (Å²) in [4.78, 5) is 6.66. The Kier molecular flexibility index (Phi) is 3.67. The first-order valence-electron chi connectivity index (χ1n) is 6.81. The van der Waals surface area contributed by atoms with Gasteiger partial charge in [-0.3, -0.25) is 5.10 Å². The number of nitrogens with two attached hydrogens (primary N) is 1. The van der Waals surface area contributed by atoms with Crippen LogP contribution < -0.4 is 10.6 Å². The molecule has 108 valence electrons. The number of H-pyrrole nitrogens is 1. The molecule has 1 fully saturated rings. The number of aromatic nitrogens is 3. The lowest BCUT2D eigenvalue weighted by Gasteiger charge is -2.32. The average molecular weight is 296 g/mol. The molecule has 1 aliphatic heterocycles. The number of piperidine rings is 1. The van der Waals surface area contributed by atoms with Crippen molar-refractivity contribution in [2.24, 2.45) is 11.7 Å². The van der Waals surface area contributed by atoms with Crippen LogP contribution in [0, 0.1) is 5.92 Å². The van der Waals surface area contributed by atoms with Gasteiger partial charge < -0.3 is 15.1 Å². The van der Waals surface area contributed by atoms with Crippen LogP contribution in [0.15, 0.2) is 16.7 Å². The summed E-state index contributed by atoms with van der Waals surface area (Å²) in [6.07, 6.45) is 3.69. The van der Waals surface area contributed by atoms with E-state index in [1.165, 1.54) is 6.26 Å². The highest BCUT2D eigenvalue weighted by Gasteiger charge is 2.24. The number of nitrogens with one attached hydrogen (secondary N) is 1. The van der Waals surface area contributed by atoms with Crippen molar-refractivity contribution in [3.05, 3.63) is 17.5 Å². The van der Waals surface area contributed by atoms with Gasteiger partial charge >= 0.3 is 0 Å². The number of rotatable bonds is 3. The average Bonchev–Trinajstić information content (AvgIpc) is 3.07. The normalized spacial score (nSPS) is 18.4. The number of nitrogens with zero attached hydrogens (tertiary/aromatic N) is 3. The maximum Gasteiger partial charge on any atom is 0.245 e. The molecule has 0 radical (unpaired) electrons. The molecule has 3 heterocycles. The van der Waals surface area contributed by atoms with Crippen molar-refractivity contribution >= 4 is 17.5 Å². The summed E-state index contributed by atoms with van der Waals surface area (Å²) in [5.41, 5.74) is 6.69. The molecule has 1 aliphatic rings. The first kappa shape index (κ1) is 13.5. The Morgan fingerprint density at radius 3 is 2.85 bits per heavy atom. The van der Waals surface area contributed by atoms with Crippen LogP contribution in [0.4, 0.5) is 5.95 Å². The summed E-state index contributed by atoms with van der Waals surface area (Å²) in [6.45, 7) is 3.94.